The predicted molar refractivity (Wildman–Crippen MR) is 124 cm³/mol. The van der Waals surface area contributed by atoms with Crippen molar-refractivity contribution < 1.29 is 9.53 Å². The summed E-state index contributed by atoms with van der Waals surface area (Å²) < 4.78 is 5.17. The average Bonchev–Trinajstić information content (AvgIpc) is 2.52. The van der Waals surface area contributed by atoms with Crippen molar-refractivity contribution >= 4 is 30.1 Å². The Balaban J connectivity index is 0.000000603. The van der Waals surface area contributed by atoms with E-state index >= 15 is 0 Å². The molecule has 0 fully saturated rings. The number of rotatable bonds is 3. The molecule has 0 aliphatic carbocycles. The van der Waals surface area contributed by atoms with Crippen LogP contribution >= 0.6 is 12.4 Å². The van der Waals surface area contributed by atoms with Crippen LogP contribution in [0.4, 0.5) is 16.4 Å². The molecular formula is C21H35ClN6O2. The fourth-order valence-electron chi connectivity index (χ4n) is 2.83. The topological polar surface area (TPSA) is 142 Å². The molecule has 2 heterocycles. The minimum absolute atomic E-state index is 0. The quantitative estimate of drug-likeness (QED) is 0.574. The summed E-state index contributed by atoms with van der Waals surface area (Å²) in [6, 6.07) is 3.63. The van der Waals surface area contributed by atoms with Gasteiger partial charge in [-0.2, -0.15) is 0 Å². The summed E-state index contributed by atoms with van der Waals surface area (Å²) in [4.78, 5) is 19.8. The van der Waals surface area contributed by atoms with Crippen LogP contribution in [-0.4, -0.2) is 21.7 Å². The molecule has 0 aromatic carbocycles. The SMILES string of the molecule is Cc1cc(N)nc(C)c1CN.Cc1cc(N)nc(C)c1CNC(=O)OC(C)(C)C.Cl. The Morgan fingerprint density at radius 3 is 1.77 bits per heavy atom. The predicted octanol–water partition coefficient (Wildman–Crippen LogP) is 3.47. The number of pyridine rings is 2. The molecule has 9 heteroatoms. The lowest BCUT2D eigenvalue weighted by molar-refractivity contribution is 0.0523. The first kappa shape index (κ1) is 27.4. The lowest BCUT2D eigenvalue weighted by atomic mass is 10.1. The summed E-state index contributed by atoms with van der Waals surface area (Å²) in [6.45, 7) is 14.1. The highest BCUT2D eigenvalue weighted by atomic mass is 35.5. The molecule has 1 amide bonds. The minimum atomic E-state index is -0.493. The number of hydrogen-bond donors (Lipinski definition) is 4. The monoisotopic (exact) mass is 438 g/mol. The van der Waals surface area contributed by atoms with E-state index in [-0.39, 0.29) is 12.4 Å². The number of nitrogens with zero attached hydrogens (tertiary/aromatic N) is 2. The Hall–Kier alpha value is -2.58. The van der Waals surface area contributed by atoms with Crippen LogP contribution in [0.3, 0.4) is 0 Å². The maximum absolute atomic E-state index is 11.5. The summed E-state index contributed by atoms with van der Waals surface area (Å²) in [5.41, 5.74) is 22.2. The lowest BCUT2D eigenvalue weighted by Gasteiger charge is -2.20. The van der Waals surface area contributed by atoms with Gasteiger partial charge in [0.1, 0.15) is 17.2 Å². The second kappa shape index (κ2) is 11.6. The van der Waals surface area contributed by atoms with Gasteiger partial charge in [-0.1, -0.05) is 0 Å². The summed E-state index contributed by atoms with van der Waals surface area (Å²) in [6.07, 6.45) is -0.432. The molecule has 0 bridgehead atoms. The normalized spacial score (nSPS) is 10.4. The number of halogens is 1. The van der Waals surface area contributed by atoms with Gasteiger partial charge in [0.05, 0.1) is 0 Å². The maximum Gasteiger partial charge on any atom is 0.407 e. The number of alkyl carbamates (subject to hydrolysis) is 1. The van der Waals surface area contributed by atoms with Crippen molar-refractivity contribution in [2.75, 3.05) is 11.5 Å². The van der Waals surface area contributed by atoms with Gasteiger partial charge < -0.3 is 27.3 Å². The van der Waals surface area contributed by atoms with Crippen LogP contribution in [0.2, 0.25) is 0 Å². The number of ether oxygens (including phenoxy) is 1. The van der Waals surface area contributed by atoms with Crippen LogP contribution in [0.15, 0.2) is 12.1 Å². The summed E-state index contributed by atoms with van der Waals surface area (Å²) in [5.74, 6) is 1.06. The maximum atomic E-state index is 11.5. The molecular weight excluding hydrogens is 404 g/mol. The van der Waals surface area contributed by atoms with Crippen molar-refractivity contribution in [3.63, 3.8) is 0 Å². The smallest absolute Gasteiger partial charge is 0.407 e. The van der Waals surface area contributed by atoms with E-state index in [4.69, 9.17) is 21.9 Å². The van der Waals surface area contributed by atoms with Crippen LogP contribution in [0.5, 0.6) is 0 Å². The van der Waals surface area contributed by atoms with Crippen LogP contribution in [0.25, 0.3) is 0 Å². The number of carbonyl (C=O) groups excluding carboxylic acids is 1. The Morgan fingerprint density at radius 1 is 0.967 bits per heavy atom. The van der Waals surface area contributed by atoms with Gasteiger partial charge in [0.15, 0.2) is 0 Å². The third kappa shape index (κ3) is 8.84. The summed E-state index contributed by atoms with van der Waals surface area (Å²) in [7, 11) is 0. The molecule has 7 N–H and O–H groups in total. The van der Waals surface area contributed by atoms with E-state index in [0.29, 0.717) is 24.7 Å². The van der Waals surface area contributed by atoms with E-state index in [1.54, 1.807) is 6.07 Å². The van der Waals surface area contributed by atoms with Crippen molar-refractivity contribution in [2.24, 2.45) is 5.73 Å². The molecule has 0 atom stereocenters. The summed E-state index contributed by atoms with van der Waals surface area (Å²) >= 11 is 0. The second-order valence-electron chi connectivity index (χ2n) is 7.92. The van der Waals surface area contributed by atoms with Crippen molar-refractivity contribution in [1.82, 2.24) is 15.3 Å². The molecule has 2 aromatic rings. The molecule has 0 unspecified atom stereocenters. The molecule has 0 aliphatic heterocycles. The van der Waals surface area contributed by atoms with Crippen molar-refractivity contribution in [2.45, 2.75) is 67.2 Å². The van der Waals surface area contributed by atoms with Gasteiger partial charge in [0.25, 0.3) is 0 Å². The Bertz CT molecular complexity index is 819. The van der Waals surface area contributed by atoms with Crippen molar-refractivity contribution in [3.05, 3.63) is 45.8 Å². The van der Waals surface area contributed by atoms with Crippen LogP contribution in [-0.2, 0) is 17.8 Å². The van der Waals surface area contributed by atoms with E-state index in [1.807, 2.05) is 54.5 Å². The number of aryl methyl sites for hydroxylation is 4. The minimum Gasteiger partial charge on any atom is -0.444 e. The van der Waals surface area contributed by atoms with E-state index < -0.39 is 11.7 Å². The Morgan fingerprint density at radius 2 is 1.40 bits per heavy atom. The Kier molecular flexibility index (Phi) is 10.6. The van der Waals surface area contributed by atoms with Crippen molar-refractivity contribution in [1.29, 1.82) is 0 Å². The first-order valence-electron chi connectivity index (χ1n) is 9.46. The highest BCUT2D eigenvalue weighted by Gasteiger charge is 2.16. The van der Waals surface area contributed by atoms with Gasteiger partial charge in [0, 0.05) is 24.5 Å². The molecule has 0 aliphatic rings. The number of anilines is 2. The molecule has 0 spiro atoms. The third-order valence-electron chi connectivity index (χ3n) is 4.16. The first-order chi connectivity index (χ1) is 13.3. The second-order valence-corrected chi connectivity index (χ2v) is 7.92. The number of nitrogens with two attached hydrogens (primary N) is 3. The lowest BCUT2D eigenvalue weighted by Crippen LogP contribution is -2.32. The molecule has 0 saturated carbocycles. The zero-order valence-corrected chi connectivity index (χ0v) is 19.7. The highest BCUT2D eigenvalue weighted by Crippen LogP contribution is 2.15. The molecule has 30 heavy (non-hydrogen) atoms. The van der Waals surface area contributed by atoms with Gasteiger partial charge in [-0.3, -0.25) is 0 Å². The zero-order chi connectivity index (χ0) is 22.4. The highest BCUT2D eigenvalue weighted by molar-refractivity contribution is 5.85. The van der Waals surface area contributed by atoms with Crippen LogP contribution in [0.1, 0.15) is 54.4 Å². The number of amides is 1. The molecule has 0 radical (unpaired) electrons. The van der Waals surface area contributed by atoms with E-state index in [0.717, 1.165) is 33.6 Å². The number of nitrogen functional groups attached to an aromatic ring is 2. The number of carbonyl (C=O) groups is 1. The van der Waals surface area contributed by atoms with E-state index in [9.17, 15) is 4.79 Å². The van der Waals surface area contributed by atoms with Gasteiger partial charge in [0.2, 0.25) is 0 Å². The fraction of sp³-hybridized carbons (Fsp3) is 0.476. The van der Waals surface area contributed by atoms with E-state index in [2.05, 4.69) is 15.3 Å². The molecule has 0 saturated heterocycles. The largest absolute Gasteiger partial charge is 0.444 e. The number of aromatic nitrogens is 2. The molecule has 168 valence electrons. The fourth-order valence-corrected chi connectivity index (χ4v) is 2.83. The van der Waals surface area contributed by atoms with E-state index in [1.165, 1.54) is 0 Å². The molecule has 8 nitrogen and oxygen atoms in total. The average molecular weight is 439 g/mol. The summed E-state index contributed by atoms with van der Waals surface area (Å²) in [5, 5.41) is 2.71. The Labute approximate surface area is 185 Å². The standard InChI is InChI=1S/C13H21N3O2.C8H13N3.ClH/c1-8-6-11(14)16-9(2)10(8)7-15-12(17)18-13(3,4)5;1-5-3-8(10)11-6(2)7(5)4-9;/h6H,7H2,1-5H3,(H2,14,16)(H,15,17);3H,4,9H2,1-2H3,(H2,10,11);1H. The number of nitrogens with one attached hydrogen (secondary N) is 1. The van der Waals surface area contributed by atoms with Gasteiger partial charge in [-0.15, -0.1) is 12.4 Å². The van der Waals surface area contributed by atoms with Gasteiger partial charge in [-0.25, -0.2) is 14.8 Å². The molecule has 2 aromatic heterocycles. The third-order valence-corrected chi connectivity index (χ3v) is 4.16. The van der Waals surface area contributed by atoms with Crippen LogP contribution < -0.4 is 22.5 Å². The van der Waals surface area contributed by atoms with Crippen LogP contribution in [0, 0.1) is 27.7 Å². The van der Waals surface area contributed by atoms with Crippen molar-refractivity contribution in [3.8, 4) is 0 Å². The van der Waals surface area contributed by atoms with Gasteiger partial charge >= 0.3 is 6.09 Å². The first-order valence-corrected chi connectivity index (χ1v) is 9.46. The zero-order valence-electron chi connectivity index (χ0n) is 18.9. The number of hydrogen-bond acceptors (Lipinski definition) is 7. The van der Waals surface area contributed by atoms with Gasteiger partial charge in [-0.05, 0) is 82.9 Å². The molecule has 2 rings (SSSR count).